The number of aryl methyl sites for hydroxylation is 1. The summed E-state index contributed by atoms with van der Waals surface area (Å²) in [5, 5.41) is -0.553. The molecule has 5 nitrogen and oxygen atoms in total. The van der Waals surface area contributed by atoms with Crippen molar-refractivity contribution in [1.29, 1.82) is 0 Å². The number of hydrogen-bond donors (Lipinski definition) is 0. The van der Waals surface area contributed by atoms with Crippen LogP contribution < -0.4 is 4.74 Å². The summed E-state index contributed by atoms with van der Waals surface area (Å²) in [6.45, 7) is 3.70. The second-order valence-corrected chi connectivity index (χ2v) is 13.5. The number of ether oxygens (including phenoxy) is 2. The van der Waals surface area contributed by atoms with Gasteiger partial charge in [-0.3, -0.25) is 4.79 Å². The molecule has 0 aliphatic heterocycles. The first-order valence-electron chi connectivity index (χ1n) is 12.8. The van der Waals surface area contributed by atoms with Gasteiger partial charge in [-0.05, 0) is 85.8 Å². The summed E-state index contributed by atoms with van der Waals surface area (Å²) in [4.78, 5) is 12.7. The molecule has 186 valence electrons. The zero-order valence-electron chi connectivity index (χ0n) is 20.8. The molecular weight excluding hydrogens is 460 g/mol. The highest BCUT2D eigenvalue weighted by Gasteiger charge is 2.80. The maximum absolute atomic E-state index is 14.3. The highest BCUT2D eigenvalue weighted by Crippen LogP contribution is 2.79. The van der Waals surface area contributed by atoms with Gasteiger partial charge in [0.2, 0.25) is 0 Å². The van der Waals surface area contributed by atoms with Crippen LogP contribution in [0, 0.1) is 16.7 Å². The number of fused-ring (bicyclic) bond motifs is 3. The van der Waals surface area contributed by atoms with E-state index in [1.807, 2.05) is 12.1 Å². The van der Waals surface area contributed by atoms with Crippen LogP contribution in [0.3, 0.4) is 0 Å². The van der Waals surface area contributed by atoms with Crippen molar-refractivity contribution in [3.05, 3.63) is 59.7 Å². The van der Waals surface area contributed by atoms with Gasteiger partial charge in [-0.15, -0.1) is 0 Å². The number of hydrogen-bond acceptors (Lipinski definition) is 5. The highest BCUT2D eigenvalue weighted by atomic mass is 32.2. The van der Waals surface area contributed by atoms with Gasteiger partial charge in [-0.1, -0.05) is 31.2 Å². The summed E-state index contributed by atoms with van der Waals surface area (Å²) in [5.41, 5.74) is 1.19. The molecule has 0 spiro atoms. The number of methoxy groups -OCH3 is 1. The number of rotatable bonds is 4. The Bertz CT molecular complexity index is 1290. The average molecular weight is 495 g/mol. The summed E-state index contributed by atoms with van der Waals surface area (Å²) in [6.07, 6.45) is 5.68. The lowest BCUT2D eigenvalue weighted by Crippen LogP contribution is -2.56. The van der Waals surface area contributed by atoms with E-state index in [0.717, 1.165) is 44.3 Å². The van der Waals surface area contributed by atoms with Gasteiger partial charge in [0.15, 0.2) is 9.84 Å². The lowest BCUT2D eigenvalue weighted by molar-refractivity contribution is -0.174. The summed E-state index contributed by atoms with van der Waals surface area (Å²) in [7, 11) is -1.91. The van der Waals surface area contributed by atoms with E-state index in [-0.39, 0.29) is 17.3 Å². The molecule has 0 aromatic heterocycles. The quantitative estimate of drug-likeness (QED) is 0.527. The fourth-order valence-corrected chi connectivity index (χ4v) is 11.5. The lowest BCUT2D eigenvalue weighted by Gasteiger charge is -2.58. The second kappa shape index (κ2) is 7.58. The molecule has 3 fully saturated rings. The molecule has 0 amide bonds. The molecule has 0 unspecified atom stereocenters. The molecule has 6 heteroatoms. The monoisotopic (exact) mass is 494 g/mol. The van der Waals surface area contributed by atoms with Crippen molar-refractivity contribution in [2.24, 2.45) is 16.7 Å². The minimum Gasteiger partial charge on any atom is -0.497 e. The van der Waals surface area contributed by atoms with E-state index >= 15 is 0 Å². The van der Waals surface area contributed by atoms with Gasteiger partial charge in [-0.2, -0.15) is 0 Å². The summed E-state index contributed by atoms with van der Waals surface area (Å²) in [6, 6.07) is 15.3. The van der Waals surface area contributed by atoms with Gasteiger partial charge < -0.3 is 9.47 Å². The second-order valence-electron chi connectivity index (χ2n) is 11.4. The Morgan fingerprint density at radius 2 is 1.80 bits per heavy atom. The molecule has 2 aromatic rings. The molecule has 0 heterocycles. The van der Waals surface area contributed by atoms with E-state index in [1.54, 1.807) is 31.4 Å². The Labute approximate surface area is 208 Å². The number of benzene rings is 2. The van der Waals surface area contributed by atoms with Crippen LogP contribution in [0.2, 0.25) is 0 Å². The van der Waals surface area contributed by atoms with Crippen molar-refractivity contribution >= 4 is 15.8 Å². The summed E-state index contributed by atoms with van der Waals surface area (Å²) >= 11 is 0. The van der Waals surface area contributed by atoms with Gasteiger partial charge in [0.25, 0.3) is 0 Å². The molecular formula is C29H34O5S. The standard InChI is InChI=1S/C29H34O5S/c1-19(30)34-28-15-16-29(26(18-28)35(31,32)22-7-5-4-6-8-22)25-12-9-20-17-21(33-3)10-11-23(20)24(25)13-14-27(28,29)2/h4-8,10-11,17,24-26H,9,12-16,18H2,1-3H3/t24-,25+,26+,27-,28-,29-/m1/s1. The lowest BCUT2D eigenvalue weighted by atomic mass is 9.48. The Kier molecular flexibility index (Phi) is 5.00. The van der Waals surface area contributed by atoms with Crippen molar-refractivity contribution in [2.45, 2.75) is 80.5 Å². The first-order valence-corrected chi connectivity index (χ1v) is 14.4. The van der Waals surface area contributed by atoms with Gasteiger partial charge in [0.1, 0.15) is 11.4 Å². The van der Waals surface area contributed by atoms with Gasteiger partial charge >= 0.3 is 5.97 Å². The fraction of sp³-hybridized carbons (Fsp3) is 0.552. The number of sulfone groups is 1. The zero-order valence-corrected chi connectivity index (χ0v) is 21.6. The van der Waals surface area contributed by atoms with Gasteiger partial charge in [0, 0.05) is 24.2 Å². The summed E-state index contributed by atoms with van der Waals surface area (Å²) < 4.78 is 40.2. The normalized spacial score (nSPS) is 37.2. The molecule has 4 aliphatic carbocycles. The minimum absolute atomic E-state index is 0.241. The first-order chi connectivity index (χ1) is 16.7. The smallest absolute Gasteiger partial charge is 0.303 e. The third-order valence-corrected chi connectivity index (χ3v) is 12.7. The van der Waals surface area contributed by atoms with E-state index in [0.29, 0.717) is 17.2 Å². The fourth-order valence-electron chi connectivity index (χ4n) is 9.08. The van der Waals surface area contributed by atoms with E-state index in [9.17, 15) is 13.2 Å². The average Bonchev–Trinajstić information content (AvgIpc) is 3.24. The van der Waals surface area contributed by atoms with Crippen LogP contribution in [0.15, 0.2) is 53.4 Å². The third kappa shape index (κ3) is 2.86. The van der Waals surface area contributed by atoms with E-state index in [2.05, 4.69) is 19.1 Å². The van der Waals surface area contributed by atoms with Crippen LogP contribution in [-0.4, -0.2) is 32.3 Å². The van der Waals surface area contributed by atoms with E-state index < -0.39 is 26.1 Å². The predicted octanol–water partition coefficient (Wildman–Crippen LogP) is 5.47. The Hall–Kier alpha value is -2.34. The Balaban J connectivity index is 1.52. The summed E-state index contributed by atoms with van der Waals surface area (Å²) in [5.74, 6) is 1.13. The van der Waals surface area contributed by atoms with Crippen molar-refractivity contribution in [3.63, 3.8) is 0 Å². The van der Waals surface area contributed by atoms with Crippen molar-refractivity contribution in [2.75, 3.05) is 7.11 Å². The highest BCUT2D eigenvalue weighted by molar-refractivity contribution is 7.92. The third-order valence-electron chi connectivity index (χ3n) is 10.4. The van der Waals surface area contributed by atoms with Crippen molar-refractivity contribution < 1.29 is 22.7 Å². The van der Waals surface area contributed by atoms with E-state index in [4.69, 9.17) is 9.47 Å². The molecule has 6 atom stereocenters. The molecule has 0 N–H and O–H groups in total. The molecule has 2 bridgehead atoms. The van der Waals surface area contributed by atoms with Crippen LogP contribution in [-0.2, 0) is 25.8 Å². The predicted molar refractivity (Wildman–Crippen MR) is 133 cm³/mol. The minimum atomic E-state index is -3.61. The molecule has 0 radical (unpaired) electrons. The topological polar surface area (TPSA) is 69.7 Å². The van der Waals surface area contributed by atoms with E-state index in [1.165, 1.54) is 18.1 Å². The van der Waals surface area contributed by atoms with Gasteiger partial charge in [-0.25, -0.2) is 8.42 Å². The van der Waals surface area contributed by atoms with Gasteiger partial charge in [0.05, 0.1) is 17.3 Å². The molecule has 35 heavy (non-hydrogen) atoms. The van der Waals surface area contributed by atoms with Crippen LogP contribution in [0.25, 0.3) is 0 Å². The Morgan fingerprint density at radius 1 is 1.03 bits per heavy atom. The molecule has 6 rings (SSSR count). The largest absolute Gasteiger partial charge is 0.497 e. The molecule has 2 aromatic carbocycles. The van der Waals surface area contributed by atoms with Crippen molar-refractivity contribution in [1.82, 2.24) is 0 Å². The van der Waals surface area contributed by atoms with Crippen LogP contribution in [0.5, 0.6) is 5.75 Å². The zero-order chi connectivity index (χ0) is 24.6. The molecule has 4 aliphatic rings. The van der Waals surface area contributed by atoms with Crippen LogP contribution >= 0.6 is 0 Å². The Morgan fingerprint density at radius 3 is 2.51 bits per heavy atom. The number of carbonyl (C=O) groups is 1. The van der Waals surface area contributed by atoms with Crippen molar-refractivity contribution in [3.8, 4) is 5.75 Å². The molecule has 0 saturated heterocycles. The van der Waals surface area contributed by atoms with Crippen LogP contribution in [0.1, 0.15) is 69.4 Å². The first kappa shape index (κ1) is 23.1. The maximum Gasteiger partial charge on any atom is 0.303 e. The SMILES string of the molecule is COc1ccc2c(c1)CC[C@H]1[C@@H]2CC[C@]2(C)[C@@]3(OC(C)=O)CC[C@]12[C@@H](S(=O)(=O)c1ccccc1)C3. The maximum atomic E-state index is 14.3. The number of esters is 1. The van der Waals surface area contributed by atoms with Crippen LogP contribution in [0.4, 0.5) is 0 Å². The number of carbonyl (C=O) groups excluding carboxylic acids is 1. The molecule has 3 saturated carbocycles.